The van der Waals surface area contributed by atoms with Gasteiger partial charge in [-0.25, -0.2) is 9.78 Å². The van der Waals surface area contributed by atoms with Crippen molar-refractivity contribution in [1.82, 2.24) is 14.5 Å². The van der Waals surface area contributed by atoms with E-state index in [4.69, 9.17) is 5.26 Å². The van der Waals surface area contributed by atoms with Crippen molar-refractivity contribution < 1.29 is 0 Å². The third-order valence-electron chi connectivity index (χ3n) is 3.34. The normalized spacial score (nSPS) is 10.7. The molecule has 1 aromatic carbocycles. The van der Waals surface area contributed by atoms with Gasteiger partial charge in [-0.2, -0.15) is 5.26 Å². The van der Waals surface area contributed by atoms with Crippen LogP contribution >= 0.6 is 11.8 Å². The van der Waals surface area contributed by atoms with Crippen molar-refractivity contribution in [2.24, 2.45) is 0 Å². The number of nitrogens with zero attached hydrogens (tertiary/aromatic N) is 3. The van der Waals surface area contributed by atoms with E-state index in [1.807, 2.05) is 24.3 Å². The highest BCUT2D eigenvalue weighted by Crippen LogP contribution is 2.20. The van der Waals surface area contributed by atoms with E-state index in [9.17, 15) is 4.79 Å². The Bertz CT molecular complexity index is 891. The molecule has 0 fully saturated rings. The summed E-state index contributed by atoms with van der Waals surface area (Å²) in [5, 5.41) is 9.77. The number of hydrogen-bond donors (Lipinski definition) is 1. The third kappa shape index (κ3) is 2.90. The van der Waals surface area contributed by atoms with Crippen molar-refractivity contribution >= 4 is 22.8 Å². The lowest BCUT2D eigenvalue weighted by molar-refractivity contribution is 0.679. The number of fused-ring (bicyclic) bond motifs is 1. The molecule has 6 heteroatoms. The molecular weight excluding hydrogens is 296 g/mol. The number of pyridine rings is 1. The van der Waals surface area contributed by atoms with Crippen LogP contribution in [0.3, 0.4) is 0 Å². The summed E-state index contributed by atoms with van der Waals surface area (Å²) in [6.07, 6.45) is 2.52. The van der Waals surface area contributed by atoms with Gasteiger partial charge < -0.3 is 4.98 Å². The molecule has 2 heterocycles. The van der Waals surface area contributed by atoms with Crippen LogP contribution in [0.2, 0.25) is 0 Å². The van der Waals surface area contributed by atoms with Gasteiger partial charge in [-0.1, -0.05) is 12.1 Å². The molecule has 0 unspecified atom stereocenters. The Labute approximate surface area is 131 Å². The number of para-hydroxylation sites is 2. The lowest BCUT2D eigenvalue weighted by Crippen LogP contribution is -2.17. The minimum atomic E-state index is -0.0817. The standard InChI is InChI=1S/C16H14N4OS/c17-11-12-5-3-8-18-15(12)22-10-4-9-20-14-7-2-1-6-13(14)19-16(20)21/h1-3,5-8H,4,9-10H2,(H,19,21). The van der Waals surface area contributed by atoms with E-state index in [0.29, 0.717) is 12.1 Å². The fourth-order valence-corrected chi connectivity index (χ4v) is 3.18. The van der Waals surface area contributed by atoms with Crippen LogP contribution in [-0.2, 0) is 6.54 Å². The lowest BCUT2D eigenvalue weighted by Gasteiger charge is -2.04. The van der Waals surface area contributed by atoms with Crippen molar-refractivity contribution in [1.29, 1.82) is 5.26 Å². The topological polar surface area (TPSA) is 74.5 Å². The molecule has 0 bridgehead atoms. The van der Waals surface area contributed by atoms with E-state index in [1.54, 1.807) is 34.7 Å². The maximum atomic E-state index is 11.9. The number of benzene rings is 1. The zero-order valence-corrected chi connectivity index (χ0v) is 12.6. The Morgan fingerprint density at radius 3 is 3.00 bits per heavy atom. The second kappa shape index (κ2) is 6.50. The van der Waals surface area contributed by atoms with Crippen molar-refractivity contribution in [2.45, 2.75) is 18.0 Å². The first-order chi connectivity index (χ1) is 10.8. The molecular formula is C16H14N4OS. The zero-order chi connectivity index (χ0) is 15.4. The summed E-state index contributed by atoms with van der Waals surface area (Å²) in [6.45, 7) is 0.643. The number of hydrogen-bond acceptors (Lipinski definition) is 4. The fraction of sp³-hybridized carbons (Fsp3) is 0.188. The van der Waals surface area contributed by atoms with Gasteiger partial charge in [-0.05, 0) is 30.7 Å². The lowest BCUT2D eigenvalue weighted by atomic mass is 10.3. The zero-order valence-electron chi connectivity index (χ0n) is 11.8. The van der Waals surface area contributed by atoms with Gasteiger partial charge in [0, 0.05) is 18.5 Å². The fourth-order valence-electron chi connectivity index (χ4n) is 2.31. The average molecular weight is 310 g/mol. The van der Waals surface area contributed by atoms with Crippen molar-refractivity contribution in [3.63, 3.8) is 0 Å². The van der Waals surface area contributed by atoms with Gasteiger partial charge >= 0.3 is 5.69 Å². The van der Waals surface area contributed by atoms with E-state index >= 15 is 0 Å². The summed E-state index contributed by atoms with van der Waals surface area (Å²) in [4.78, 5) is 19.0. The van der Waals surface area contributed by atoms with E-state index in [0.717, 1.165) is 28.2 Å². The van der Waals surface area contributed by atoms with Crippen LogP contribution in [0, 0.1) is 11.3 Å². The summed E-state index contributed by atoms with van der Waals surface area (Å²) in [5.41, 5.74) is 2.29. The first-order valence-corrected chi connectivity index (χ1v) is 7.93. The third-order valence-corrected chi connectivity index (χ3v) is 4.43. The molecule has 0 aliphatic rings. The molecule has 0 atom stereocenters. The first kappa shape index (κ1) is 14.4. The molecule has 0 spiro atoms. The van der Waals surface area contributed by atoms with E-state index in [2.05, 4.69) is 16.0 Å². The van der Waals surface area contributed by atoms with Gasteiger partial charge in [-0.15, -0.1) is 11.8 Å². The smallest absolute Gasteiger partial charge is 0.306 e. The van der Waals surface area contributed by atoms with Crippen molar-refractivity contribution in [2.75, 3.05) is 5.75 Å². The minimum absolute atomic E-state index is 0.0817. The number of rotatable bonds is 5. The molecule has 0 aliphatic carbocycles. The van der Waals surface area contributed by atoms with E-state index in [-0.39, 0.29) is 5.69 Å². The number of nitrogens with one attached hydrogen (secondary N) is 1. The molecule has 110 valence electrons. The Kier molecular flexibility index (Phi) is 4.26. The molecule has 0 saturated carbocycles. The molecule has 3 aromatic rings. The number of thioether (sulfide) groups is 1. The number of H-pyrrole nitrogens is 1. The monoisotopic (exact) mass is 310 g/mol. The second-order valence-corrected chi connectivity index (χ2v) is 5.85. The van der Waals surface area contributed by atoms with Gasteiger partial charge in [0.15, 0.2) is 0 Å². The highest BCUT2D eigenvalue weighted by Gasteiger charge is 2.06. The molecule has 0 saturated heterocycles. The summed E-state index contributed by atoms with van der Waals surface area (Å²) in [7, 11) is 0. The van der Waals surface area contributed by atoms with Crippen molar-refractivity contribution in [3.05, 3.63) is 58.6 Å². The van der Waals surface area contributed by atoms with Crippen molar-refractivity contribution in [3.8, 4) is 6.07 Å². The Hall–Kier alpha value is -2.52. The molecule has 2 aromatic heterocycles. The molecule has 22 heavy (non-hydrogen) atoms. The molecule has 5 nitrogen and oxygen atoms in total. The van der Waals surface area contributed by atoms with E-state index < -0.39 is 0 Å². The SMILES string of the molecule is N#Cc1cccnc1SCCCn1c(=O)[nH]c2ccccc21. The van der Waals surface area contributed by atoms with Gasteiger partial charge in [-0.3, -0.25) is 4.57 Å². The van der Waals surface area contributed by atoms with E-state index in [1.165, 1.54) is 0 Å². The summed E-state index contributed by atoms with van der Waals surface area (Å²) in [6, 6.07) is 13.3. The molecule has 1 N–H and O–H groups in total. The largest absolute Gasteiger partial charge is 0.326 e. The number of aromatic nitrogens is 3. The molecule has 0 radical (unpaired) electrons. The van der Waals surface area contributed by atoms with Gasteiger partial charge in [0.2, 0.25) is 0 Å². The maximum Gasteiger partial charge on any atom is 0.326 e. The van der Waals surface area contributed by atoms with Crippen LogP contribution < -0.4 is 5.69 Å². The predicted octanol–water partition coefficient (Wildman–Crippen LogP) is 2.78. The predicted molar refractivity (Wildman–Crippen MR) is 86.9 cm³/mol. The summed E-state index contributed by atoms with van der Waals surface area (Å²) >= 11 is 1.55. The average Bonchev–Trinajstić information content (AvgIpc) is 2.87. The van der Waals surface area contributed by atoms with Crippen LogP contribution in [0.25, 0.3) is 11.0 Å². The first-order valence-electron chi connectivity index (χ1n) is 6.95. The van der Waals surface area contributed by atoms with Gasteiger partial charge in [0.1, 0.15) is 11.1 Å². The van der Waals surface area contributed by atoms with Gasteiger partial charge in [0.05, 0.1) is 16.6 Å². The Balaban J connectivity index is 1.65. The number of nitriles is 1. The Morgan fingerprint density at radius 2 is 2.14 bits per heavy atom. The van der Waals surface area contributed by atoms with Crippen LogP contribution in [0.1, 0.15) is 12.0 Å². The minimum Gasteiger partial charge on any atom is -0.306 e. The number of imidazole rings is 1. The van der Waals surface area contributed by atoms with Crippen LogP contribution in [0.4, 0.5) is 0 Å². The molecule has 0 amide bonds. The molecule has 3 rings (SSSR count). The highest BCUT2D eigenvalue weighted by atomic mass is 32.2. The maximum absolute atomic E-state index is 11.9. The van der Waals surface area contributed by atoms with Crippen LogP contribution in [0.15, 0.2) is 52.4 Å². The quantitative estimate of drug-likeness (QED) is 0.581. The summed E-state index contributed by atoms with van der Waals surface area (Å²) in [5.74, 6) is 0.803. The van der Waals surface area contributed by atoms with Gasteiger partial charge in [0.25, 0.3) is 0 Å². The molecule has 0 aliphatic heterocycles. The summed E-state index contributed by atoms with van der Waals surface area (Å²) < 4.78 is 1.75. The Morgan fingerprint density at radius 1 is 1.27 bits per heavy atom. The van der Waals surface area contributed by atoms with Crippen LogP contribution in [-0.4, -0.2) is 20.3 Å². The highest BCUT2D eigenvalue weighted by molar-refractivity contribution is 7.99. The number of aryl methyl sites for hydroxylation is 1. The number of aromatic amines is 1. The van der Waals surface area contributed by atoms with Crippen LogP contribution in [0.5, 0.6) is 0 Å². The second-order valence-electron chi connectivity index (χ2n) is 4.77.